The summed E-state index contributed by atoms with van der Waals surface area (Å²) in [7, 11) is -1.88. The minimum absolute atomic E-state index is 0.0699. The quantitative estimate of drug-likeness (QED) is 0.857. The molecule has 0 atom stereocenters. The molecule has 0 amide bonds. The van der Waals surface area contributed by atoms with Crippen LogP contribution in [0.15, 0.2) is 29.3 Å². The zero-order valence-corrected chi connectivity index (χ0v) is 12.3. The molecule has 0 aliphatic heterocycles. The normalized spacial score (nSPS) is 11.7. The fourth-order valence-electron chi connectivity index (χ4n) is 2.06. The van der Waals surface area contributed by atoms with E-state index in [9.17, 15) is 13.2 Å². The van der Waals surface area contributed by atoms with Gasteiger partial charge < -0.3 is 9.72 Å². The summed E-state index contributed by atoms with van der Waals surface area (Å²) in [4.78, 5) is 14.6. The Morgan fingerprint density at radius 1 is 1.35 bits per heavy atom. The van der Waals surface area contributed by atoms with Crippen molar-refractivity contribution >= 4 is 26.7 Å². The number of carbonyl (C=O) groups is 1. The molecule has 20 heavy (non-hydrogen) atoms. The molecule has 1 N–H and O–H groups in total. The maximum atomic E-state index is 11.9. The second-order valence-corrected chi connectivity index (χ2v) is 6.78. The summed E-state index contributed by atoms with van der Waals surface area (Å²) in [5, 5.41) is 0.837. The van der Waals surface area contributed by atoms with E-state index in [2.05, 4.69) is 9.72 Å². The fraction of sp³-hybridized carbons (Fsp3) is 0.357. The van der Waals surface area contributed by atoms with Crippen molar-refractivity contribution in [1.82, 2.24) is 4.98 Å². The summed E-state index contributed by atoms with van der Waals surface area (Å²) in [5.41, 5.74) is 1.78. The lowest BCUT2D eigenvalue weighted by atomic mass is 10.1. The second kappa shape index (κ2) is 5.66. The van der Waals surface area contributed by atoms with Crippen molar-refractivity contribution in [2.24, 2.45) is 0 Å². The standard InChI is InChI=1S/C14H17NO4S/c1-3-20(17,18)11-5-6-13-12(8-11)10(9-15-13)4-7-14(16)19-2/h5-6,8-9,15H,3-4,7H2,1-2H3. The van der Waals surface area contributed by atoms with Gasteiger partial charge in [0.15, 0.2) is 9.84 Å². The van der Waals surface area contributed by atoms with Crippen LogP contribution in [-0.4, -0.2) is 32.2 Å². The zero-order chi connectivity index (χ0) is 14.8. The highest BCUT2D eigenvalue weighted by molar-refractivity contribution is 7.91. The molecule has 1 aromatic carbocycles. The first-order valence-corrected chi connectivity index (χ1v) is 8.02. The predicted octanol–water partition coefficient (Wildman–Crippen LogP) is 2.07. The molecule has 0 saturated carbocycles. The van der Waals surface area contributed by atoms with Gasteiger partial charge in [0.1, 0.15) is 0 Å². The van der Waals surface area contributed by atoms with Gasteiger partial charge in [0.05, 0.1) is 17.8 Å². The maximum Gasteiger partial charge on any atom is 0.305 e. The first-order chi connectivity index (χ1) is 9.47. The number of ether oxygens (including phenoxy) is 1. The van der Waals surface area contributed by atoms with Crippen molar-refractivity contribution in [3.05, 3.63) is 30.0 Å². The van der Waals surface area contributed by atoms with Crippen LogP contribution >= 0.6 is 0 Å². The summed E-state index contributed by atoms with van der Waals surface area (Å²) < 4.78 is 28.4. The van der Waals surface area contributed by atoms with E-state index in [0.29, 0.717) is 11.3 Å². The van der Waals surface area contributed by atoms with E-state index in [0.717, 1.165) is 16.5 Å². The van der Waals surface area contributed by atoms with Gasteiger partial charge in [-0.15, -0.1) is 0 Å². The van der Waals surface area contributed by atoms with Crippen LogP contribution in [0, 0.1) is 0 Å². The van der Waals surface area contributed by atoms with E-state index in [4.69, 9.17) is 0 Å². The largest absolute Gasteiger partial charge is 0.469 e. The zero-order valence-electron chi connectivity index (χ0n) is 11.5. The van der Waals surface area contributed by atoms with Crippen molar-refractivity contribution < 1.29 is 17.9 Å². The minimum atomic E-state index is -3.23. The smallest absolute Gasteiger partial charge is 0.305 e. The highest BCUT2D eigenvalue weighted by Gasteiger charge is 2.14. The summed E-state index contributed by atoms with van der Waals surface area (Å²) >= 11 is 0. The Kier molecular flexibility index (Phi) is 4.13. The van der Waals surface area contributed by atoms with E-state index < -0.39 is 9.84 Å². The topological polar surface area (TPSA) is 76.2 Å². The van der Waals surface area contributed by atoms with E-state index in [1.54, 1.807) is 31.3 Å². The van der Waals surface area contributed by atoms with Gasteiger partial charge in [-0.25, -0.2) is 8.42 Å². The van der Waals surface area contributed by atoms with Crippen LogP contribution in [0.2, 0.25) is 0 Å². The first kappa shape index (κ1) is 14.6. The van der Waals surface area contributed by atoms with Crippen molar-refractivity contribution in [3.8, 4) is 0 Å². The van der Waals surface area contributed by atoms with Crippen LogP contribution in [0.5, 0.6) is 0 Å². The lowest BCUT2D eigenvalue weighted by Crippen LogP contribution is -2.03. The Morgan fingerprint density at radius 2 is 2.10 bits per heavy atom. The van der Waals surface area contributed by atoms with Crippen LogP contribution in [-0.2, 0) is 25.8 Å². The number of carbonyl (C=O) groups excluding carboxylic acids is 1. The number of rotatable bonds is 5. The van der Waals surface area contributed by atoms with E-state index in [1.165, 1.54) is 7.11 Å². The number of hydrogen-bond acceptors (Lipinski definition) is 4. The number of benzene rings is 1. The molecular formula is C14H17NO4S. The maximum absolute atomic E-state index is 11.9. The molecule has 0 spiro atoms. The molecule has 0 radical (unpaired) electrons. The number of hydrogen-bond donors (Lipinski definition) is 1. The van der Waals surface area contributed by atoms with Gasteiger partial charge in [0.2, 0.25) is 0 Å². The minimum Gasteiger partial charge on any atom is -0.469 e. The lowest BCUT2D eigenvalue weighted by Gasteiger charge is -2.03. The molecule has 0 unspecified atom stereocenters. The van der Waals surface area contributed by atoms with Crippen molar-refractivity contribution in [1.29, 1.82) is 0 Å². The number of nitrogens with one attached hydrogen (secondary N) is 1. The molecule has 6 heteroatoms. The first-order valence-electron chi connectivity index (χ1n) is 6.37. The second-order valence-electron chi connectivity index (χ2n) is 4.50. The van der Waals surface area contributed by atoms with E-state index in [-0.39, 0.29) is 18.1 Å². The summed E-state index contributed by atoms with van der Waals surface area (Å²) in [6, 6.07) is 5.01. The molecular weight excluding hydrogens is 278 g/mol. The Balaban J connectivity index is 2.38. The number of aromatic amines is 1. The van der Waals surface area contributed by atoms with E-state index >= 15 is 0 Å². The average molecular weight is 295 g/mol. The van der Waals surface area contributed by atoms with Crippen molar-refractivity contribution in [3.63, 3.8) is 0 Å². The third-order valence-electron chi connectivity index (χ3n) is 3.30. The molecule has 1 heterocycles. The van der Waals surface area contributed by atoms with Crippen LogP contribution in [0.3, 0.4) is 0 Å². The third kappa shape index (κ3) is 2.85. The highest BCUT2D eigenvalue weighted by Crippen LogP contribution is 2.24. The number of aromatic nitrogens is 1. The summed E-state index contributed by atoms with van der Waals surface area (Å²) in [6.07, 6.45) is 2.59. The summed E-state index contributed by atoms with van der Waals surface area (Å²) in [6.45, 7) is 1.62. The van der Waals surface area contributed by atoms with Gasteiger partial charge in [-0.2, -0.15) is 0 Å². The molecule has 2 aromatic rings. The van der Waals surface area contributed by atoms with Crippen molar-refractivity contribution in [2.45, 2.75) is 24.7 Å². The number of aryl methyl sites for hydroxylation is 1. The Bertz CT molecular complexity index is 731. The number of esters is 1. The van der Waals surface area contributed by atoms with Crippen LogP contribution < -0.4 is 0 Å². The number of H-pyrrole nitrogens is 1. The molecule has 1 aromatic heterocycles. The van der Waals surface area contributed by atoms with Gasteiger partial charge in [-0.05, 0) is 30.2 Å². The molecule has 5 nitrogen and oxygen atoms in total. The molecule has 0 fully saturated rings. The van der Waals surface area contributed by atoms with Crippen molar-refractivity contribution in [2.75, 3.05) is 12.9 Å². The molecule has 108 valence electrons. The third-order valence-corrected chi connectivity index (χ3v) is 5.04. The lowest BCUT2D eigenvalue weighted by molar-refractivity contribution is -0.140. The van der Waals surface area contributed by atoms with Crippen LogP contribution in [0.25, 0.3) is 10.9 Å². The monoisotopic (exact) mass is 295 g/mol. The Hall–Kier alpha value is -1.82. The molecule has 0 bridgehead atoms. The molecule has 0 saturated heterocycles. The number of methoxy groups -OCH3 is 1. The molecule has 0 aliphatic carbocycles. The SMILES string of the molecule is CCS(=O)(=O)c1ccc2[nH]cc(CCC(=O)OC)c2c1. The van der Waals surface area contributed by atoms with Crippen LogP contribution in [0.4, 0.5) is 0 Å². The van der Waals surface area contributed by atoms with Gasteiger partial charge in [-0.1, -0.05) is 6.92 Å². The van der Waals surface area contributed by atoms with Gasteiger partial charge in [-0.3, -0.25) is 4.79 Å². The van der Waals surface area contributed by atoms with Crippen LogP contribution in [0.1, 0.15) is 18.9 Å². The molecule has 0 aliphatic rings. The van der Waals surface area contributed by atoms with Gasteiger partial charge in [0, 0.05) is 23.5 Å². The number of fused-ring (bicyclic) bond motifs is 1. The highest BCUT2D eigenvalue weighted by atomic mass is 32.2. The Morgan fingerprint density at radius 3 is 2.75 bits per heavy atom. The van der Waals surface area contributed by atoms with Gasteiger partial charge >= 0.3 is 5.97 Å². The van der Waals surface area contributed by atoms with Gasteiger partial charge in [0.25, 0.3) is 0 Å². The Labute approximate surface area is 117 Å². The average Bonchev–Trinajstić information content (AvgIpc) is 2.87. The number of sulfone groups is 1. The summed E-state index contributed by atoms with van der Waals surface area (Å²) in [5.74, 6) is -0.211. The predicted molar refractivity (Wildman–Crippen MR) is 76.4 cm³/mol. The van der Waals surface area contributed by atoms with E-state index in [1.807, 2.05) is 0 Å². The fourth-order valence-corrected chi connectivity index (χ4v) is 2.97. The molecule has 2 rings (SSSR count).